The maximum atomic E-state index is 11.9. The maximum absolute atomic E-state index is 11.9. The average molecular weight is 235 g/mol. The molecule has 1 unspecified atom stereocenters. The van der Waals surface area contributed by atoms with Gasteiger partial charge in [0.15, 0.2) is 0 Å². The number of likely N-dealkylation sites (tertiary alicyclic amines) is 2. The van der Waals surface area contributed by atoms with Crippen LogP contribution in [-0.2, 0) is 4.79 Å². The fourth-order valence-corrected chi connectivity index (χ4v) is 2.73. The molecular formula is C13H21N3O. The van der Waals surface area contributed by atoms with Crippen LogP contribution < -0.4 is 5.32 Å². The van der Waals surface area contributed by atoms with Gasteiger partial charge in [0.2, 0.25) is 5.91 Å². The Balaban J connectivity index is 1.73. The molecule has 2 fully saturated rings. The second kappa shape index (κ2) is 6.04. The molecular weight excluding hydrogens is 214 g/mol. The Kier molecular flexibility index (Phi) is 4.41. The molecule has 1 amide bonds. The summed E-state index contributed by atoms with van der Waals surface area (Å²) >= 11 is 0. The molecule has 1 N–H and O–H groups in total. The van der Waals surface area contributed by atoms with Crippen LogP contribution in [0.5, 0.6) is 0 Å². The van der Waals surface area contributed by atoms with E-state index in [4.69, 9.17) is 6.42 Å². The normalized spacial score (nSPS) is 25.1. The smallest absolute Gasteiger partial charge is 0.236 e. The van der Waals surface area contributed by atoms with Crippen LogP contribution in [0.3, 0.4) is 0 Å². The Hall–Kier alpha value is -1.05. The molecule has 0 aromatic rings. The monoisotopic (exact) mass is 235 g/mol. The molecule has 4 nitrogen and oxygen atoms in total. The number of amides is 1. The molecule has 0 saturated carbocycles. The molecule has 1 atom stereocenters. The first-order valence-corrected chi connectivity index (χ1v) is 6.47. The van der Waals surface area contributed by atoms with E-state index in [1.54, 1.807) is 0 Å². The van der Waals surface area contributed by atoms with Gasteiger partial charge in [-0.1, -0.05) is 5.92 Å². The summed E-state index contributed by atoms with van der Waals surface area (Å²) in [5.41, 5.74) is 0. The van der Waals surface area contributed by atoms with Crippen molar-refractivity contribution in [1.82, 2.24) is 15.1 Å². The van der Waals surface area contributed by atoms with Crippen molar-refractivity contribution >= 4 is 5.91 Å². The summed E-state index contributed by atoms with van der Waals surface area (Å²) in [6.07, 6.45) is 8.88. The summed E-state index contributed by atoms with van der Waals surface area (Å²) in [6.45, 7) is 5.06. The summed E-state index contributed by atoms with van der Waals surface area (Å²) in [4.78, 5) is 16.4. The molecule has 94 valence electrons. The Bertz CT molecular complexity index is 304. The maximum Gasteiger partial charge on any atom is 0.236 e. The van der Waals surface area contributed by atoms with Crippen LogP contribution in [0, 0.1) is 12.3 Å². The zero-order valence-corrected chi connectivity index (χ0v) is 10.3. The number of rotatable bonds is 4. The van der Waals surface area contributed by atoms with E-state index in [1.165, 1.54) is 25.9 Å². The fourth-order valence-electron chi connectivity index (χ4n) is 2.73. The van der Waals surface area contributed by atoms with E-state index < -0.39 is 0 Å². The van der Waals surface area contributed by atoms with Gasteiger partial charge >= 0.3 is 0 Å². The largest absolute Gasteiger partial charge is 0.340 e. The lowest BCUT2D eigenvalue weighted by Crippen LogP contribution is -2.40. The Morgan fingerprint density at radius 1 is 1.35 bits per heavy atom. The molecule has 2 heterocycles. The van der Waals surface area contributed by atoms with E-state index in [1.807, 2.05) is 4.90 Å². The van der Waals surface area contributed by atoms with Crippen molar-refractivity contribution in [3.05, 3.63) is 0 Å². The summed E-state index contributed by atoms with van der Waals surface area (Å²) < 4.78 is 0. The van der Waals surface area contributed by atoms with Gasteiger partial charge in [-0.15, -0.1) is 6.42 Å². The van der Waals surface area contributed by atoms with Crippen LogP contribution in [0.1, 0.15) is 19.3 Å². The van der Waals surface area contributed by atoms with Crippen LogP contribution in [0.2, 0.25) is 0 Å². The predicted molar refractivity (Wildman–Crippen MR) is 67.5 cm³/mol. The van der Waals surface area contributed by atoms with Crippen molar-refractivity contribution in [2.45, 2.75) is 25.3 Å². The first kappa shape index (κ1) is 12.4. The van der Waals surface area contributed by atoms with Crippen molar-refractivity contribution in [2.24, 2.45) is 0 Å². The van der Waals surface area contributed by atoms with E-state index in [2.05, 4.69) is 16.1 Å². The first-order valence-electron chi connectivity index (χ1n) is 6.47. The minimum atomic E-state index is 0.182. The van der Waals surface area contributed by atoms with Gasteiger partial charge in [-0.05, 0) is 32.4 Å². The average Bonchev–Trinajstić information content (AvgIpc) is 3.00. The predicted octanol–water partition coefficient (Wildman–Crippen LogP) is -0.0941. The molecule has 0 bridgehead atoms. The van der Waals surface area contributed by atoms with Crippen molar-refractivity contribution < 1.29 is 4.79 Å². The van der Waals surface area contributed by atoms with Crippen LogP contribution >= 0.6 is 0 Å². The lowest BCUT2D eigenvalue weighted by atomic mass is 10.2. The van der Waals surface area contributed by atoms with Crippen molar-refractivity contribution in [3.63, 3.8) is 0 Å². The van der Waals surface area contributed by atoms with Crippen molar-refractivity contribution in [1.29, 1.82) is 0 Å². The Morgan fingerprint density at radius 2 is 2.12 bits per heavy atom. The van der Waals surface area contributed by atoms with Gasteiger partial charge in [0.05, 0.1) is 13.1 Å². The molecule has 2 aliphatic heterocycles. The molecule has 0 aliphatic carbocycles. The van der Waals surface area contributed by atoms with E-state index in [0.717, 1.165) is 19.5 Å². The first-order chi connectivity index (χ1) is 8.31. The topological polar surface area (TPSA) is 35.6 Å². The van der Waals surface area contributed by atoms with Gasteiger partial charge in [0.25, 0.3) is 0 Å². The van der Waals surface area contributed by atoms with E-state index >= 15 is 0 Å². The fraction of sp³-hybridized carbons (Fsp3) is 0.769. The second-order valence-corrected chi connectivity index (χ2v) is 4.83. The van der Waals surface area contributed by atoms with Crippen LogP contribution in [0.4, 0.5) is 0 Å². The second-order valence-electron chi connectivity index (χ2n) is 4.83. The third-order valence-corrected chi connectivity index (χ3v) is 3.68. The van der Waals surface area contributed by atoms with E-state index in [0.29, 0.717) is 19.1 Å². The Labute approximate surface area is 103 Å². The van der Waals surface area contributed by atoms with Gasteiger partial charge in [-0.25, -0.2) is 0 Å². The van der Waals surface area contributed by atoms with Crippen molar-refractivity contribution in [2.75, 3.05) is 39.3 Å². The summed E-state index contributed by atoms with van der Waals surface area (Å²) in [7, 11) is 0. The highest BCUT2D eigenvalue weighted by Crippen LogP contribution is 2.20. The highest BCUT2D eigenvalue weighted by molar-refractivity contribution is 5.78. The molecule has 0 radical (unpaired) electrons. The minimum Gasteiger partial charge on any atom is -0.340 e. The van der Waals surface area contributed by atoms with Gasteiger partial charge in [0, 0.05) is 19.1 Å². The Morgan fingerprint density at radius 3 is 2.82 bits per heavy atom. The van der Waals surface area contributed by atoms with Crippen molar-refractivity contribution in [3.8, 4) is 12.3 Å². The number of carbonyl (C=O) groups is 1. The molecule has 2 aliphatic rings. The lowest BCUT2D eigenvalue weighted by molar-refractivity contribution is -0.129. The number of hydrogen-bond donors (Lipinski definition) is 1. The SMILES string of the molecule is C#CCNCC(=O)N1CCC(N2CCCC2)C1. The summed E-state index contributed by atoms with van der Waals surface area (Å²) in [5, 5.41) is 2.96. The molecule has 0 spiro atoms. The molecule has 2 rings (SSSR count). The zero-order valence-electron chi connectivity index (χ0n) is 10.3. The van der Waals surface area contributed by atoms with Crippen LogP contribution in [0.25, 0.3) is 0 Å². The standard InChI is InChI=1S/C13H21N3O/c1-2-6-14-10-13(17)16-9-5-12(11-16)15-7-3-4-8-15/h1,12,14H,3-11H2. The van der Waals surface area contributed by atoms with Gasteiger partial charge in [0.1, 0.15) is 0 Å². The summed E-state index contributed by atoms with van der Waals surface area (Å²) in [6, 6.07) is 0.592. The molecule has 17 heavy (non-hydrogen) atoms. The third kappa shape index (κ3) is 3.21. The highest BCUT2D eigenvalue weighted by atomic mass is 16.2. The highest BCUT2D eigenvalue weighted by Gasteiger charge is 2.31. The molecule has 4 heteroatoms. The third-order valence-electron chi connectivity index (χ3n) is 3.68. The molecule has 0 aromatic carbocycles. The lowest BCUT2D eigenvalue weighted by Gasteiger charge is -2.23. The van der Waals surface area contributed by atoms with E-state index in [9.17, 15) is 4.79 Å². The molecule has 2 saturated heterocycles. The molecule has 0 aromatic heterocycles. The van der Waals surface area contributed by atoms with E-state index in [-0.39, 0.29) is 5.91 Å². The number of carbonyl (C=O) groups excluding carboxylic acids is 1. The van der Waals surface area contributed by atoms with Gasteiger partial charge in [-0.3, -0.25) is 15.0 Å². The quantitative estimate of drug-likeness (QED) is 0.546. The van der Waals surface area contributed by atoms with Crippen LogP contribution in [-0.4, -0.2) is 61.0 Å². The number of nitrogens with zero attached hydrogens (tertiary/aromatic N) is 2. The number of hydrogen-bond acceptors (Lipinski definition) is 3. The van der Waals surface area contributed by atoms with Crippen LogP contribution in [0.15, 0.2) is 0 Å². The summed E-state index contributed by atoms with van der Waals surface area (Å²) in [5.74, 6) is 2.66. The van der Waals surface area contributed by atoms with Gasteiger partial charge < -0.3 is 4.90 Å². The number of nitrogens with one attached hydrogen (secondary N) is 1. The minimum absolute atomic E-state index is 0.182. The zero-order chi connectivity index (χ0) is 12.1. The van der Waals surface area contributed by atoms with Gasteiger partial charge in [-0.2, -0.15) is 0 Å². The number of terminal acetylenes is 1.